The van der Waals surface area contributed by atoms with E-state index in [0.717, 1.165) is 0 Å². The van der Waals surface area contributed by atoms with Crippen molar-refractivity contribution < 1.29 is 23.1 Å². The van der Waals surface area contributed by atoms with E-state index in [4.69, 9.17) is 0 Å². The first-order valence-corrected chi connectivity index (χ1v) is 9.92. The van der Waals surface area contributed by atoms with Crippen molar-refractivity contribution in [3.63, 3.8) is 0 Å². The molecule has 1 aliphatic heterocycles. The summed E-state index contributed by atoms with van der Waals surface area (Å²) in [5, 5.41) is 15.9. The van der Waals surface area contributed by atoms with Crippen molar-refractivity contribution in [2.24, 2.45) is 0 Å². The Balaban J connectivity index is 1.79. The van der Waals surface area contributed by atoms with Crippen LogP contribution in [0.25, 0.3) is 0 Å². The molecule has 10 heteroatoms. The second kappa shape index (κ2) is 6.69. The molecule has 0 saturated carbocycles. The molecule has 1 aromatic carbocycles. The molecule has 0 unspecified atom stereocenters. The van der Waals surface area contributed by atoms with Crippen LogP contribution in [0.5, 0.6) is 0 Å². The maximum absolute atomic E-state index is 12.5. The topological polar surface area (TPSA) is 122 Å². The van der Waals surface area contributed by atoms with E-state index in [2.05, 4.69) is 10.4 Å². The van der Waals surface area contributed by atoms with Gasteiger partial charge in [0.05, 0.1) is 23.3 Å². The van der Waals surface area contributed by atoms with E-state index in [1.807, 2.05) is 0 Å². The van der Waals surface area contributed by atoms with Crippen LogP contribution in [-0.2, 0) is 20.4 Å². The molecule has 144 valence electrons. The second-order valence-corrected chi connectivity index (χ2v) is 8.80. The average molecular weight is 392 g/mol. The van der Waals surface area contributed by atoms with Crippen molar-refractivity contribution in [1.29, 1.82) is 0 Å². The zero-order valence-corrected chi connectivity index (χ0v) is 15.7. The maximum Gasteiger partial charge on any atom is 0.331 e. The Morgan fingerprint density at radius 1 is 1.30 bits per heavy atom. The lowest BCUT2D eigenvalue weighted by Gasteiger charge is -2.19. The maximum atomic E-state index is 12.5. The molecule has 3 rings (SSSR count). The van der Waals surface area contributed by atoms with Gasteiger partial charge in [0, 0.05) is 18.3 Å². The van der Waals surface area contributed by atoms with Crippen molar-refractivity contribution in [3.8, 4) is 0 Å². The monoisotopic (exact) mass is 392 g/mol. The number of aliphatic carboxylic acids is 1. The first-order chi connectivity index (χ1) is 12.6. The predicted molar refractivity (Wildman–Crippen MR) is 99.3 cm³/mol. The number of carboxylic acid groups (broad SMARTS) is 1. The van der Waals surface area contributed by atoms with Crippen LogP contribution in [0.15, 0.2) is 36.7 Å². The van der Waals surface area contributed by atoms with Crippen LogP contribution in [-0.4, -0.2) is 47.5 Å². The van der Waals surface area contributed by atoms with Crippen LogP contribution in [0.2, 0.25) is 0 Å². The summed E-state index contributed by atoms with van der Waals surface area (Å²) in [4.78, 5) is 23.8. The van der Waals surface area contributed by atoms with Crippen LogP contribution in [0.4, 0.5) is 11.4 Å². The Bertz CT molecular complexity index is 996. The van der Waals surface area contributed by atoms with Crippen molar-refractivity contribution in [2.45, 2.75) is 25.8 Å². The standard InChI is InChI=1S/C17H20N4O5S/c1-17(2,16(23)24)21-11-13(10-18-21)19-15(22)12-5-3-6-14(9-12)20-7-4-8-27(20,25)26/h3,5-6,9-11H,4,7-8H2,1-2H3,(H,19,22)(H,23,24). The summed E-state index contributed by atoms with van der Waals surface area (Å²) in [6, 6.07) is 6.36. The van der Waals surface area contributed by atoms with E-state index in [1.54, 1.807) is 18.2 Å². The molecule has 0 bridgehead atoms. The zero-order chi connectivity index (χ0) is 19.8. The van der Waals surface area contributed by atoms with Gasteiger partial charge in [-0.05, 0) is 38.5 Å². The molecule has 2 aromatic rings. The summed E-state index contributed by atoms with van der Waals surface area (Å²) in [5.74, 6) is -1.40. The lowest BCUT2D eigenvalue weighted by Crippen LogP contribution is -2.35. The molecule has 2 heterocycles. The number of nitrogens with one attached hydrogen (secondary N) is 1. The van der Waals surface area contributed by atoms with Gasteiger partial charge in [-0.15, -0.1) is 0 Å². The highest BCUT2D eigenvalue weighted by Crippen LogP contribution is 2.25. The number of aromatic nitrogens is 2. The summed E-state index contributed by atoms with van der Waals surface area (Å²) in [7, 11) is -3.33. The summed E-state index contributed by atoms with van der Waals surface area (Å²) in [5.41, 5.74) is -0.177. The molecule has 2 N–H and O–H groups in total. The summed E-state index contributed by atoms with van der Waals surface area (Å²) in [6.45, 7) is 3.38. The van der Waals surface area contributed by atoms with Crippen molar-refractivity contribution >= 4 is 33.3 Å². The molecule has 27 heavy (non-hydrogen) atoms. The smallest absolute Gasteiger partial charge is 0.331 e. The lowest BCUT2D eigenvalue weighted by atomic mass is 10.1. The van der Waals surface area contributed by atoms with E-state index >= 15 is 0 Å². The lowest BCUT2D eigenvalue weighted by molar-refractivity contribution is -0.146. The Morgan fingerprint density at radius 3 is 2.67 bits per heavy atom. The zero-order valence-electron chi connectivity index (χ0n) is 14.9. The van der Waals surface area contributed by atoms with E-state index in [1.165, 1.54) is 41.3 Å². The minimum atomic E-state index is -3.33. The summed E-state index contributed by atoms with van der Waals surface area (Å²) in [6.07, 6.45) is 3.34. The number of hydrogen-bond acceptors (Lipinski definition) is 5. The fourth-order valence-electron chi connectivity index (χ4n) is 2.73. The molecule has 1 aromatic heterocycles. The van der Waals surface area contributed by atoms with Crippen LogP contribution in [0, 0.1) is 0 Å². The first kappa shape index (κ1) is 18.9. The minimum absolute atomic E-state index is 0.0992. The number of sulfonamides is 1. The molecule has 9 nitrogen and oxygen atoms in total. The Morgan fingerprint density at radius 2 is 2.04 bits per heavy atom. The SMILES string of the molecule is CC(C)(C(=O)O)n1cc(NC(=O)c2cccc(N3CCCS3(=O)=O)c2)cn1. The normalized spacial score (nSPS) is 16.3. The van der Waals surface area contributed by atoms with Gasteiger partial charge in [-0.3, -0.25) is 13.8 Å². The average Bonchev–Trinajstić information content (AvgIpc) is 3.21. The summed E-state index contributed by atoms with van der Waals surface area (Å²) < 4.78 is 26.7. The Hall–Kier alpha value is -2.88. The molecule has 1 fully saturated rings. The van der Waals surface area contributed by atoms with Gasteiger partial charge in [0.1, 0.15) is 0 Å². The van der Waals surface area contributed by atoms with Gasteiger partial charge in [0.25, 0.3) is 5.91 Å². The van der Waals surface area contributed by atoms with Gasteiger partial charge in [-0.2, -0.15) is 5.10 Å². The van der Waals surface area contributed by atoms with Crippen molar-refractivity contribution in [2.75, 3.05) is 21.9 Å². The van der Waals surface area contributed by atoms with E-state index < -0.39 is 27.4 Å². The number of carboxylic acids is 1. The number of rotatable bonds is 5. The number of nitrogens with zero attached hydrogens (tertiary/aromatic N) is 3. The van der Waals surface area contributed by atoms with Gasteiger partial charge in [-0.25, -0.2) is 13.2 Å². The molecule has 1 saturated heterocycles. The molecular formula is C17H20N4O5S. The Labute approximate surface area is 156 Å². The summed E-state index contributed by atoms with van der Waals surface area (Å²) >= 11 is 0. The highest BCUT2D eigenvalue weighted by atomic mass is 32.2. The molecule has 1 amide bonds. The third-order valence-corrected chi connectivity index (χ3v) is 6.30. The van der Waals surface area contributed by atoms with Crippen LogP contribution in [0.1, 0.15) is 30.6 Å². The quantitative estimate of drug-likeness (QED) is 0.795. The number of carbonyl (C=O) groups excluding carboxylic acids is 1. The van der Waals surface area contributed by atoms with Crippen molar-refractivity contribution in [3.05, 3.63) is 42.2 Å². The van der Waals surface area contributed by atoms with Crippen LogP contribution in [0.3, 0.4) is 0 Å². The van der Waals surface area contributed by atoms with Gasteiger partial charge < -0.3 is 10.4 Å². The highest BCUT2D eigenvalue weighted by Gasteiger charge is 2.31. The fraction of sp³-hybridized carbons (Fsp3) is 0.353. The minimum Gasteiger partial charge on any atom is -0.479 e. The van der Waals surface area contributed by atoms with E-state index in [-0.39, 0.29) is 5.75 Å². The predicted octanol–water partition coefficient (Wildman–Crippen LogP) is 1.49. The second-order valence-electron chi connectivity index (χ2n) is 6.78. The van der Waals surface area contributed by atoms with Gasteiger partial charge in [-0.1, -0.05) is 6.07 Å². The third-order valence-electron chi connectivity index (χ3n) is 4.43. The largest absolute Gasteiger partial charge is 0.479 e. The molecule has 0 aliphatic carbocycles. The highest BCUT2D eigenvalue weighted by molar-refractivity contribution is 7.93. The number of amides is 1. The molecule has 0 atom stereocenters. The number of anilines is 2. The fourth-order valence-corrected chi connectivity index (χ4v) is 4.28. The first-order valence-electron chi connectivity index (χ1n) is 8.31. The van der Waals surface area contributed by atoms with E-state index in [9.17, 15) is 23.1 Å². The third kappa shape index (κ3) is 3.65. The van der Waals surface area contributed by atoms with Crippen molar-refractivity contribution in [1.82, 2.24) is 9.78 Å². The Kier molecular flexibility index (Phi) is 4.68. The molecular weight excluding hydrogens is 372 g/mol. The van der Waals surface area contributed by atoms with Gasteiger partial charge in [0.15, 0.2) is 5.54 Å². The van der Waals surface area contributed by atoms with Gasteiger partial charge >= 0.3 is 5.97 Å². The molecule has 1 aliphatic rings. The van der Waals surface area contributed by atoms with Crippen LogP contribution < -0.4 is 9.62 Å². The molecule has 0 radical (unpaired) electrons. The number of hydrogen-bond donors (Lipinski definition) is 2. The number of benzene rings is 1. The number of carbonyl (C=O) groups is 2. The van der Waals surface area contributed by atoms with Crippen LogP contribution >= 0.6 is 0 Å². The van der Waals surface area contributed by atoms with Gasteiger partial charge in [0.2, 0.25) is 10.0 Å². The van der Waals surface area contributed by atoms with E-state index in [0.29, 0.717) is 29.9 Å². The molecule has 0 spiro atoms.